The van der Waals surface area contributed by atoms with Crippen molar-refractivity contribution in [2.45, 2.75) is 45.2 Å². The van der Waals surface area contributed by atoms with E-state index < -0.39 is 22.1 Å². The third-order valence-electron chi connectivity index (χ3n) is 3.43. The molecule has 0 aromatic carbocycles. The maximum Gasteiger partial charge on any atom is 0.239 e. The highest BCUT2D eigenvalue weighted by molar-refractivity contribution is 7.89. The van der Waals surface area contributed by atoms with Gasteiger partial charge in [0.25, 0.3) is 0 Å². The highest BCUT2D eigenvalue weighted by Crippen LogP contribution is 2.22. The summed E-state index contributed by atoms with van der Waals surface area (Å²) in [4.78, 5) is 12.3. The third-order valence-corrected chi connectivity index (χ3v) is 5.51. The van der Waals surface area contributed by atoms with Crippen LogP contribution in [0.1, 0.15) is 45.0 Å². The normalized spacial score (nSPS) is 21.3. The molecular weight excluding hydrogens is 296 g/mol. The number of aromatic amines is 1. The molecule has 1 saturated heterocycles. The Hall–Kier alpha value is -1.55. The second kappa shape index (κ2) is 6.48. The summed E-state index contributed by atoms with van der Waals surface area (Å²) in [6, 6.07) is -1.07. The van der Waals surface area contributed by atoms with Gasteiger partial charge in [-0.05, 0) is 26.2 Å². The van der Waals surface area contributed by atoms with Crippen molar-refractivity contribution in [3.63, 3.8) is 0 Å². The smallest absolute Gasteiger partial charge is 0.239 e. The molecule has 2 atom stereocenters. The van der Waals surface area contributed by atoms with E-state index in [0.29, 0.717) is 31.6 Å². The summed E-state index contributed by atoms with van der Waals surface area (Å²) in [5.74, 6) is 0.116. The Morgan fingerprint density at radius 1 is 1.57 bits per heavy atom. The molecule has 10 heteroatoms. The van der Waals surface area contributed by atoms with E-state index in [-0.39, 0.29) is 11.7 Å². The summed E-state index contributed by atoms with van der Waals surface area (Å²) >= 11 is 0. The molecule has 0 radical (unpaired) electrons. The fourth-order valence-electron chi connectivity index (χ4n) is 2.44. The molecule has 1 aliphatic heterocycles. The molecule has 0 bridgehead atoms. The molecule has 1 amide bonds. The maximum absolute atomic E-state index is 12.3. The van der Waals surface area contributed by atoms with Crippen molar-refractivity contribution in [1.82, 2.24) is 30.2 Å². The molecular formula is C11H20N6O3S. The van der Waals surface area contributed by atoms with Gasteiger partial charge in [-0.25, -0.2) is 8.42 Å². The molecule has 1 aromatic rings. The van der Waals surface area contributed by atoms with Crippen LogP contribution in [0.25, 0.3) is 0 Å². The zero-order valence-electron chi connectivity index (χ0n) is 12.1. The number of hydrogen-bond acceptors (Lipinski definition) is 6. The van der Waals surface area contributed by atoms with Gasteiger partial charge < -0.3 is 5.32 Å². The Bertz CT molecular complexity index is 573. The molecule has 2 unspecified atom stereocenters. The van der Waals surface area contributed by atoms with Crippen LogP contribution in [0.4, 0.5) is 0 Å². The predicted molar refractivity (Wildman–Crippen MR) is 74.5 cm³/mol. The van der Waals surface area contributed by atoms with Gasteiger partial charge in [-0.2, -0.15) is 9.52 Å². The van der Waals surface area contributed by atoms with Gasteiger partial charge in [-0.15, -0.1) is 10.2 Å². The lowest BCUT2D eigenvalue weighted by atomic mass is 10.2. The van der Waals surface area contributed by atoms with E-state index in [1.165, 1.54) is 4.31 Å². The lowest BCUT2D eigenvalue weighted by molar-refractivity contribution is -0.124. The second-order valence-electron chi connectivity index (χ2n) is 5.09. The zero-order chi connectivity index (χ0) is 15.5. The van der Waals surface area contributed by atoms with E-state index in [1.54, 1.807) is 13.8 Å². The van der Waals surface area contributed by atoms with Crippen LogP contribution in [0.15, 0.2) is 0 Å². The van der Waals surface area contributed by atoms with Gasteiger partial charge in [-0.1, -0.05) is 12.1 Å². The number of nitrogens with one attached hydrogen (secondary N) is 2. The summed E-state index contributed by atoms with van der Waals surface area (Å²) in [7, 11) is -3.37. The van der Waals surface area contributed by atoms with Gasteiger partial charge >= 0.3 is 0 Å². The predicted octanol–water partition coefficient (Wildman–Crippen LogP) is -0.419. The first kappa shape index (κ1) is 15.8. The van der Waals surface area contributed by atoms with Crippen molar-refractivity contribution < 1.29 is 13.2 Å². The van der Waals surface area contributed by atoms with Crippen LogP contribution in [-0.2, 0) is 14.8 Å². The number of carbonyl (C=O) groups excluding carboxylic acids is 1. The van der Waals surface area contributed by atoms with Crippen LogP contribution >= 0.6 is 0 Å². The Kier molecular flexibility index (Phi) is 4.88. The van der Waals surface area contributed by atoms with Gasteiger partial charge in [0.05, 0.1) is 11.8 Å². The standard InChI is InChI=1S/C11H20N6O3S/c1-3-7-21(19,20)17-6-4-5-9(17)11(18)12-8(2)10-13-15-16-14-10/h8-9H,3-7H2,1-2H3,(H,12,18)(H,13,14,15,16). The SMILES string of the molecule is CCCS(=O)(=O)N1CCCC1C(=O)NC(C)c1nn[nH]n1. The van der Waals surface area contributed by atoms with E-state index in [1.807, 2.05) is 0 Å². The van der Waals surface area contributed by atoms with Crippen LogP contribution in [0, 0.1) is 0 Å². The monoisotopic (exact) mass is 316 g/mol. The number of sulfonamides is 1. The Balaban J connectivity index is 2.04. The van der Waals surface area contributed by atoms with Crippen LogP contribution < -0.4 is 5.32 Å². The largest absolute Gasteiger partial charge is 0.345 e. The molecule has 2 rings (SSSR count). The summed E-state index contributed by atoms with van der Waals surface area (Å²) in [5, 5.41) is 16.1. The molecule has 1 aromatic heterocycles. The Labute approximate surface area is 123 Å². The summed E-state index contributed by atoms with van der Waals surface area (Å²) in [6.45, 7) is 3.93. The number of rotatable bonds is 6. The molecule has 1 aliphatic rings. The highest BCUT2D eigenvalue weighted by atomic mass is 32.2. The summed E-state index contributed by atoms with van der Waals surface area (Å²) in [6.07, 6.45) is 1.76. The molecule has 9 nitrogen and oxygen atoms in total. The number of amides is 1. The van der Waals surface area contributed by atoms with Gasteiger partial charge in [0, 0.05) is 6.54 Å². The molecule has 21 heavy (non-hydrogen) atoms. The summed E-state index contributed by atoms with van der Waals surface area (Å²) < 4.78 is 25.7. The Morgan fingerprint density at radius 2 is 2.33 bits per heavy atom. The van der Waals surface area contributed by atoms with Crippen molar-refractivity contribution in [2.75, 3.05) is 12.3 Å². The van der Waals surface area contributed by atoms with E-state index in [9.17, 15) is 13.2 Å². The molecule has 0 saturated carbocycles. The van der Waals surface area contributed by atoms with Crippen molar-refractivity contribution in [1.29, 1.82) is 0 Å². The molecule has 1 fully saturated rings. The van der Waals surface area contributed by atoms with Crippen LogP contribution in [0.2, 0.25) is 0 Å². The molecule has 0 spiro atoms. The van der Waals surface area contributed by atoms with Crippen LogP contribution in [0.3, 0.4) is 0 Å². The van der Waals surface area contributed by atoms with Crippen LogP contribution in [-0.4, -0.2) is 57.6 Å². The first-order valence-corrected chi connectivity index (χ1v) is 8.60. The highest BCUT2D eigenvalue weighted by Gasteiger charge is 2.38. The zero-order valence-corrected chi connectivity index (χ0v) is 12.9. The van der Waals surface area contributed by atoms with Gasteiger partial charge in [0.2, 0.25) is 15.9 Å². The molecule has 118 valence electrons. The molecule has 2 N–H and O–H groups in total. The number of carbonyl (C=O) groups is 1. The maximum atomic E-state index is 12.3. The fraction of sp³-hybridized carbons (Fsp3) is 0.818. The summed E-state index contributed by atoms with van der Waals surface area (Å²) in [5.41, 5.74) is 0. The minimum Gasteiger partial charge on any atom is -0.345 e. The van der Waals surface area contributed by atoms with Crippen LogP contribution in [0.5, 0.6) is 0 Å². The number of nitrogens with zero attached hydrogens (tertiary/aromatic N) is 4. The fourth-order valence-corrected chi connectivity index (χ4v) is 4.18. The number of H-pyrrole nitrogens is 1. The lowest BCUT2D eigenvalue weighted by Crippen LogP contribution is -2.47. The van der Waals surface area contributed by atoms with Gasteiger partial charge in [0.15, 0.2) is 5.82 Å². The first-order chi connectivity index (χ1) is 9.95. The van der Waals surface area contributed by atoms with Crippen molar-refractivity contribution in [3.05, 3.63) is 5.82 Å². The van der Waals surface area contributed by atoms with E-state index in [4.69, 9.17) is 0 Å². The molecule has 0 aliphatic carbocycles. The second-order valence-corrected chi connectivity index (χ2v) is 7.13. The Morgan fingerprint density at radius 3 is 2.95 bits per heavy atom. The van der Waals surface area contributed by atoms with Gasteiger partial charge in [0.1, 0.15) is 6.04 Å². The average Bonchev–Trinajstić information content (AvgIpc) is 3.10. The average molecular weight is 316 g/mol. The van der Waals surface area contributed by atoms with E-state index >= 15 is 0 Å². The molecule has 2 heterocycles. The van der Waals surface area contributed by atoms with Crippen molar-refractivity contribution in [3.8, 4) is 0 Å². The minimum absolute atomic E-state index is 0.0666. The number of tetrazole rings is 1. The van der Waals surface area contributed by atoms with Gasteiger partial charge in [-0.3, -0.25) is 4.79 Å². The lowest BCUT2D eigenvalue weighted by Gasteiger charge is -2.24. The van der Waals surface area contributed by atoms with Crippen molar-refractivity contribution in [2.24, 2.45) is 0 Å². The first-order valence-electron chi connectivity index (χ1n) is 6.99. The third kappa shape index (κ3) is 3.56. The number of hydrogen-bond donors (Lipinski definition) is 2. The van der Waals surface area contributed by atoms with E-state index in [0.717, 1.165) is 0 Å². The minimum atomic E-state index is -3.37. The van der Waals surface area contributed by atoms with Crippen molar-refractivity contribution >= 4 is 15.9 Å². The topological polar surface area (TPSA) is 121 Å². The van der Waals surface area contributed by atoms with E-state index in [2.05, 4.69) is 25.9 Å². The number of aromatic nitrogens is 4. The quantitative estimate of drug-likeness (QED) is 0.735.